The van der Waals surface area contributed by atoms with Crippen LogP contribution in [-0.2, 0) is 0 Å². The molecule has 0 fully saturated rings. The molecule has 0 aromatic rings. The first-order valence-corrected chi connectivity index (χ1v) is 5.92. The maximum Gasteiger partial charge on any atom is -0.0353 e. The van der Waals surface area contributed by atoms with Gasteiger partial charge in [-0.25, -0.2) is 0 Å². The van der Waals surface area contributed by atoms with E-state index >= 15 is 0 Å². The van der Waals surface area contributed by atoms with E-state index in [1.54, 1.807) is 0 Å². The van der Waals surface area contributed by atoms with Crippen LogP contribution in [0.1, 0.15) is 65.2 Å². The Morgan fingerprint density at radius 2 is 1.64 bits per heavy atom. The summed E-state index contributed by atoms with van der Waals surface area (Å²) in [7, 11) is 0. The molecule has 0 aromatic carbocycles. The summed E-state index contributed by atoms with van der Waals surface area (Å²) in [5.74, 6) is 0.938. The molecule has 0 saturated carbocycles. The van der Waals surface area contributed by atoms with Crippen molar-refractivity contribution in [2.24, 2.45) is 5.92 Å². The van der Waals surface area contributed by atoms with Crippen LogP contribution in [0.5, 0.6) is 0 Å². The molecule has 1 unspecified atom stereocenters. The molecule has 86 valence electrons. The average Bonchev–Trinajstić information content (AvgIpc) is 2.16. The van der Waals surface area contributed by atoms with Gasteiger partial charge in [-0.2, -0.15) is 0 Å². The summed E-state index contributed by atoms with van der Waals surface area (Å²) in [5, 5.41) is 0. The van der Waals surface area contributed by atoms with Gasteiger partial charge >= 0.3 is 0 Å². The van der Waals surface area contributed by atoms with Crippen LogP contribution < -0.4 is 6.15 Å². The molecule has 14 heavy (non-hydrogen) atoms. The van der Waals surface area contributed by atoms with Gasteiger partial charge in [0.2, 0.25) is 0 Å². The maximum atomic E-state index is 3.73. The van der Waals surface area contributed by atoms with E-state index in [-0.39, 0.29) is 6.15 Å². The van der Waals surface area contributed by atoms with Crippen molar-refractivity contribution in [3.63, 3.8) is 0 Å². The van der Waals surface area contributed by atoms with Gasteiger partial charge in [0, 0.05) is 0 Å². The molecule has 1 nitrogen and oxygen atoms in total. The van der Waals surface area contributed by atoms with Crippen molar-refractivity contribution in [3.8, 4) is 0 Å². The lowest BCUT2D eigenvalue weighted by molar-refractivity contribution is 0.473. The molecule has 0 heterocycles. The summed E-state index contributed by atoms with van der Waals surface area (Å²) in [4.78, 5) is 0. The lowest BCUT2D eigenvalue weighted by atomic mass is 10.00. The Bertz CT molecular complexity index is 110. The zero-order valence-corrected chi connectivity index (χ0v) is 10.2. The highest BCUT2D eigenvalue weighted by Crippen LogP contribution is 2.13. The summed E-state index contributed by atoms with van der Waals surface area (Å²) in [5.41, 5.74) is 0. The van der Waals surface area contributed by atoms with E-state index in [0.717, 1.165) is 5.92 Å². The third-order valence-corrected chi connectivity index (χ3v) is 2.80. The molecule has 0 bridgehead atoms. The van der Waals surface area contributed by atoms with Gasteiger partial charge in [0.1, 0.15) is 0 Å². The van der Waals surface area contributed by atoms with Gasteiger partial charge in [-0.05, 0) is 18.8 Å². The molecule has 0 aromatic heterocycles. The third-order valence-electron chi connectivity index (χ3n) is 2.80. The summed E-state index contributed by atoms with van der Waals surface area (Å²) < 4.78 is 0. The minimum Gasteiger partial charge on any atom is -0.344 e. The highest BCUT2D eigenvalue weighted by Gasteiger charge is 1.97. The van der Waals surface area contributed by atoms with Crippen LogP contribution >= 0.6 is 0 Å². The smallest absolute Gasteiger partial charge is 0.0353 e. The zero-order valence-electron chi connectivity index (χ0n) is 10.2. The Kier molecular flexibility index (Phi) is 14.6. The standard InChI is InChI=1S/C13H26.H3N/c1-4-6-7-8-9-10-11-12-13(3)5-2;/h4,13H,1,5-12H2,2-3H3;1H3. The first-order chi connectivity index (χ1) is 6.31. The Balaban J connectivity index is 0. The van der Waals surface area contributed by atoms with Crippen LogP contribution in [0.3, 0.4) is 0 Å². The molecular weight excluding hydrogens is 170 g/mol. The molecular formula is C13H29N. The summed E-state index contributed by atoms with van der Waals surface area (Å²) >= 11 is 0. The van der Waals surface area contributed by atoms with Crippen LogP contribution in [0.15, 0.2) is 12.7 Å². The molecule has 0 rings (SSSR count). The largest absolute Gasteiger partial charge is 0.344 e. The topological polar surface area (TPSA) is 35.0 Å². The number of hydrogen-bond donors (Lipinski definition) is 1. The fourth-order valence-electron chi connectivity index (χ4n) is 1.52. The Morgan fingerprint density at radius 3 is 2.21 bits per heavy atom. The number of unbranched alkanes of at least 4 members (excludes halogenated alkanes) is 5. The molecule has 0 spiro atoms. The molecule has 3 N–H and O–H groups in total. The molecule has 0 amide bonds. The second-order valence-corrected chi connectivity index (χ2v) is 4.15. The van der Waals surface area contributed by atoms with E-state index in [9.17, 15) is 0 Å². The van der Waals surface area contributed by atoms with Crippen LogP contribution in [0.2, 0.25) is 0 Å². The van der Waals surface area contributed by atoms with Crippen molar-refractivity contribution in [1.82, 2.24) is 6.15 Å². The van der Waals surface area contributed by atoms with Gasteiger partial charge in [-0.15, -0.1) is 6.58 Å². The second-order valence-electron chi connectivity index (χ2n) is 4.15. The van der Waals surface area contributed by atoms with E-state index in [1.165, 1.54) is 51.4 Å². The van der Waals surface area contributed by atoms with Gasteiger partial charge in [0.05, 0.1) is 0 Å². The quantitative estimate of drug-likeness (QED) is 0.406. The van der Waals surface area contributed by atoms with Gasteiger partial charge in [0.25, 0.3) is 0 Å². The van der Waals surface area contributed by atoms with E-state index in [1.807, 2.05) is 6.08 Å². The predicted molar refractivity (Wildman–Crippen MR) is 67.0 cm³/mol. The molecule has 0 radical (unpaired) electrons. The van der Waals surface area contributed by atoms with Gasteiger partial charge < -0.3 is 6.15 Å². The average molecular weight is 199 g/mol. The number of hydrogen-bond acceptors (Lipinski definition) is 1. The van der Waals surface area contributed by atoms with E-state index < -0.39 is 0 Å². The minimum absolute atomic E-state index is 0. The fourth-order valence-corrected chi connectivity index (χ4v) is 1.52. The van der Waals surface area contributed by atoms with Crippen molar-refractivity contribution >= 4 is 0 Å². The van der Waals surface area contributed by atoms with Gasteiger partial charge in [-0.1, -0.05) is 58.4 Å². The van der Waals surface area contributed by atoms with Crippen molar-refractivity contribution < 1.29 is 0 Å². The second kappa shape index (κ2) is 12.7. The lowest BCUT2D eigenvalue weighted by Gasteiger charge is -2.06. The molecule has 0 aliphatic carbocycles. The Hall–Kier alpha value is -0.300. The van der Waals surface area contributed by atoms with E-state index in [2.05, 4.69) is 20.4 Å². The van der Waals surface area contributed by atoms with Crippen LogP contribution in [0.4, 0.5) is 0 Å². The van der Waals surface area contributed by atoms with Gasteiger partial charge in [-0.3, -0.25) is 0 Å². The normalized spacial score (nSPS) is 11.9. The Labute approximate surface area is 90.6 Å². The summed E-state index contributed by atoms with van der Waals surface area (Å²) in [6.45, 7) is 8.37. The SMILES string of the molecule is C=CCCCCCCCC(C)CC.N. The Morgan fingerprint density at radius 1 is 1.07 bits per heavy atom. The molecule has 1 heteroatoms. The van der Waals surface area contributed by atoms with Crippen molar-refractivity contribution in [2.75, 3.05) is 0 Å². The zero-order chi connectivity index (χ0) is 9.94. The van der Waals surface area contributed by atoms with Crippen LogP contribution in [0, 0.1) is 5.92 Å². The summed E-state index contributed by atoms with van der Waals surface area (Å²) in [6, 6.07) is 0. The predicted octanol–water partition coefficient (Wildman–Crippen LogP) is 5.11. The molecule has 0 aliphatic heterocycles. The van der Waals surface area contributed by atoms with Crippen molar-refractivity contribution in [3.05, 3.63) is 12.7 Å². The molecule has 0 aliphatic rings. The third kappa shape index (κ3) is 11.7. The lowest BCUT2D eigenvalue weighted by Crippen LogP contribution is -1.91. The summed E-state index contributed by atoms with van der Waals surface area (Å²) in [6.07, 6.45) is 13.0. The van der Waals surface area contributed by atoms with Gasteiger partial charge in [0.15, 0.2) is 0 Å². The molecule has 0 saturated heterocycles. The number of allylic oxidation sites excluding steroid dienone is 1. The fraction of sp³-hybridized carbons (Fsp3) is 0.846. The first kappa shape index (κ1) is 16.1. The van der Waals surface area contributed by atoms with Crippen molar-refractivity contribution in [1.29, 1.82) is 0 Å². The van der Waals surface area contributed by atoms with E-state index in [4.69, 9.17) is 0 Å². The van der Waals surface area contributed by atoms with Crippen LogP contribution in [0.25, 0.3) is 0 Å². The van der Waals surface area contributed by atoms with Crippen LogP contribution in [-0.4, -0.2) is 0 Å². The highest BCUT2D eigenvalue weighted by molar-refractivity contribution is 4.65. The molecule has 1 atom stereocenters. The number of rotatable bonds is 9. The highest BCUT2D eigenvalue weighted by atomic mass is 14.0. The monoisotopic (exact) mass is 199 g/mol. The first-order valence-electron chi connectivity index (χ1n) is 5.92. The van der Waals surface area contributed by atoms with Crippen molar-refractivity contribution in [2.45, 2.75) is 65.2 Å². The maximum absolute atomic E-state index is 3.73. The van der Waals surface area contributed by atoms with E-state index in [0.29, 0.717) is 0 Å². The minimum atomic E-state index is 0.